The molecular formula is C22H19BF3KN2O2. The van der Waals surface area contributed by atoms with Gasteiger partial charge in [0.25, 0.3) is 0 Å². The summed E-state index contributed by atoms with van der Waals surface area (Å²) in [5, 5.41) is 2.50. The summed E-state index contributed by atoms with van der Waals surface area (Å²) in [6.07, 6.45) is -0.696. The number of nitrogen functional groups attached to an aromatic ring is 1. The topological polar surface area (TPSA) is 64.3 Å². The summed E-state index contributed by atoms with van der Waals surface area (Å²) < 4.78 is 44.3. The SMILES string of the molecule is Nc1cc(CNC(=O)OCC2c3ccccc3-c3ccccc32)cc([B-](F)(F)F)c1.[K+]. The molecule has 4 nitrogen and oxygen atoms in total. The second kappa shape index (κ2) is 9.79. The predicted molar refractivity (Wildman–Crippen MR) is 111 cm³/mol. The Kier molecular flexibility index (Phi) is 7.54. The van der Waals surface area contributed by atoms with Gasteiger partial charge in [-0.25, -0.2) is 4.79 Å². The maximum Gasteiger partial charge on any atom is 1.00 e. The fourth-order valence-corrected chi connectivity index (χ4v) is 3.86. The zero-order valence-electron chi connectivity index (χ0n) is 16.9. The van der Waals surface area contributed by atoms with Gasteiger partial charge in [-0.15, -0.1) is 5.46 Å². The molecule has 0 saturated heterocycles. The minimum absolute atomic E-state index is 0. The van der Waals surface area contributed by atoms with Crippen LogP contribution in [0.2, 0.25) is 0 Å². The molecule has 0 aromatic heterocycles. The van der Waals surface area contributed by atoms with Crippen LogP contribution in [0.15, 0.2) is 66.7 Å². The van der Waals surface area contributed by atoms with Crippen molar-refractivity contribution in [3.05, 3.63) is 83.4 Å². The van der Waals surface area contributed by atoms with E-state index in [0.717, 1.165) is 34.4 Å². The first-order chi connectivity index (χ1) is 14.3. The number of carbonyl (C=O) groups is 1. The Morgan fingerprint density at radius 1 is 0.968 bits per heavy atom. The summed E-state index contributed by atoms with van der Waals surface area (Å²) in [4.78, 5) is 12.2. The molecule has 0 radical (unpaired) electrons. The molecule has 0 aliphatic heterocycles. The van der Waals surface area contributed by atoms with E-state index in [0.29, 0.717) is 0 Å². The fraction of sp³-hybridized carbons (Fsp3) is 0.136. The van der Waals surface area contributed by atoms with Crippen LogP contribution in [0.25, 0.3) is 11.1 Å². The third-order valence-corrected chi connectivity index (χ3v) is 5.20. The van der Waals surface area contributed by atoms with Crippen LogP contribution in [0.5, 0.6) is 0 Å². The molecule has 0 saturated carbocycles. The number of benzene rings is 3. The molecule has 0 heterocycles. The van der Waals surface area contributed by atoms with Crippen molar-refractivity contribution >= 4 is 24.2 Å². The predicted octanol–water partition coefficient (Wildman–Crippen LogP) is 1.37. The van der Waals surface area contributed by atoms with E-state index in [1.807, 2.05) is 48.5 Å². The van der Waals surface area contributed by atoms with Crippen LogP contribution in [-0.2, 0) is 11.3 Å². The number of amides is 1. The first-order valence-corrected chi connectivity index (χ1v) is 9.51. The first kappa shape index (κ1) is 23.9. The molecule has 0 atom stereocenters. The van der Waals surface area contributed by atoms with E-state index in [1.54, 1.807) is 0 Å². The molecule has 3 aromatic rings. The van der Waals surface area contributed by atoms with Crippen molar-refractivity contribution in [1.82, 2.24) is 5.32 Å². The molecule has 0 spiro atoms. The van der Waals surface area contributed by atoms with Crippen LogP contribution in [0, 0.1) is 0 Å². The van der Waals surface area contributed by atoms with Gasteiger partial charge in [0.15, 0.2) is 0 Å². The summed E-state index contributed by atoms with van der Waals surface area (Å²) in [6.45, 7) is -5.15. The molecule has 9 heteroatoms. The number of alkyl carbamates (subject to hydrolysis) is 1. The molecule has 4 rings (SSSR count). The van der Waals surface area contributed by atoms with E-state index >= 15 is 0 Å². The van der Waals surface area contributed by atoms with Gasteiger partial charge in [0.05, 0.1) is 0 Å². The average Bonchev–Trinajstić information content (AvgIpc) is 3.03. The Balaban J connectivity index is 0.00000272. The summed E-state index contributed by atoms with van der Waals surface area (Å²) in [7, 11) is 0. The Labute approximate surface area is 220 Å². The third-order valence-electron chi connectivity index (χ3n) is 5.20. The molecular weight excluding hydrogens is 431 g/mol. The number of fused-ring (bicyclic) bond motifs is 3. The molecule has 1 aliphatic rings. The largest absolute Gasteiger partial charge is 1.00 e. The standard InChI is InChI=1S/C22H19BF3N2O2.K/c24-23(25,26)15-9-14(10-16(27)11-15)12-28-22(29)30-13-21-19-7-3-1-5-17(19)18-6-2-4-8-20(18)21;/h1-11,21H,12-13,27H2,(H,28,29);/q-1;+1. The van der Waals surface area contributed by atoms with E-state index in [-0.39, 0.29) is 81.7 Å². The van der Waals surface area contributed by atoms with Gasteiger partial charge in [0, 0.05) is 18.2 Å². The van der Waals surface area contributed by atoms with Gasteiger partial charge in [-0.2, -0.15) is 0 Å². The maximum atomic E-state index is 13.0. The number of hydrogen-bond donors (Lipinski definition) is 2. The molecule has 3 N–H and O–H groups in total. The zero-order valence-corrected chi connectivity index (χ0v) is 20.1. The normalized spacial score (nSPS) is 12.5. The summed E-state index contributed by atoms with van der Waals surface area (Å²) in [5.41, 5.74) is 9.42. The Hall–Kier alpha value is -1.78. The summed E-state index contributed by atoms with van der Waals surface area (Å²) >= 11 is 0. The van der Waals surface area contributed by atoms with Crippen molar-refractivity contribution in [2.75, 3.05) is 12.3 Å². The monoisotopic (exact) mass is 450 g/mol. The number of carbonyl (C=O) groups excluding carboxylic acids is 1. The van der Waals surface area contributed by atoms with E-state index < -0.39 is 18.5 Å². The van der Waals surface area contributed by atoms with Crippen LogP contribution in [-0.4, -0.2) is 19.7 Å². The van der Waals surface area contributed by atoms with Gasteiger partial charge in [0.2, 0.25) is 0 Å². The number of nitrogens with one attached hydrogen (secondary N) is 1. The number of anilines is 1. The van der Waals surface area contributed by atoms with Gasteiger partial charge in [-0.1, -0.05) is 60.7 Å². The van der Waals surface area contributed by atoms with Crippen LogP contribution in [0.3, 0.4) is 0 Å². The molecule has 0 unspecified atom stereocenters. The Morgan fingerprint density at radius 3 is 2.13 bits per heavy atom. The van der Waals surface area contributed by atoms with Crippen molar-refractivity contribution in [2.45, 2.75) is 12.5 Å². The van der Waals surface area contributed by atoms with Crippen molar-refractivity contribution in [3.8, 4) is 11.1 Å². The molecule has 0 fully saturated rings. The quantitative estimate of drug-likeness (QED) is 0.456. The minimum atomic E-state index is -5.17. The number of rotatable bonds is 5. The van der Waals surface area contributed by atoms with E-state index in [4.69, 9.17) is 10.5 Å². The average molecular weight is 450 g/mol. The van der Waals surface area contributed by atoms with Gasteiger partial charge < -0.3 is 28.7 Å². The molecule has 1 amide bonds. The first-order valence-electron chi connectivity index (χ1n) is 9.51. The fourth-order valence-electron chi connectivity index (χ4n) is 3.86. The van der Waals surface area contributed by atoms with Gasteiger partial charge in [0.1, 0.15) is 6.61 Å². The number of hydrogen-bond acceptors (Lipinski definition) is 3. The third kappa shape index (κ3) is 5.35. The second-order valence-corrected chi connectivity index (χ2v) is 7.26. The molecule has 154 valence electrons. The Morgan fingerprint density at radius 2 is 1.55 bits per heavy atom. The van der Waals surface area contributed by atoms with E-state index in [2.05, 4.69) is 5.32 Å². The molecule has 1 aliphatic carbocycles. The molecule has 31 heavy (non-hydrogen) atoms. The maximum absolute atomic E-state index is 13.0. The van der Waals surface area contributed by atoms with E-state index in [9.17, 15) is 17.7 Å². The van der Waals surface area contributed by atoms with Crippen molar-refractivity contribution in [1.29, 1.82) is 0 Å². The number of ether oxygens (including phenoxy) is 1. The number of halogens is 3. The molecule has 3 aromatic carbocycles. The summed E-state index contributed by atoms with van der Waals surface area (Å²) in [5.74, 6) is -0.0879. The van der Waals surface area contributed by atoms with Crippen LogP contribution < -0.4 is 67.9 Å². The van der Waals surface area contributed by atoms with Crippen LogP contribution in [0.4, 0.5) is 23.4 Å². The van der Waals surface area contributed by atoms with Gasteiger partial charge in [-0.05, 0) is 33.9 Å². The Bertz CT molecular complexity index is 1060. The van der Waals surface area contributed by atoms with E-state index in [1.165, 1.54) is 6.07 Å². The zero-order chi connectivity index (χ0) is 21.3. The number of nitrogens with two attached hydrogens (primary N) is 1. The molecule has 0 bridgehead atoms. The summed E-state index contributed by atoms with van der Waals surface area (Å²) in [6, 6.07) is 19.2. The van der Waals surface area contributed by atoms with Crippen LogP contribution >= 0.6 is 0 Å². The van der Waals surface area contributed by atoms with Gasteiger partial charge >= 0.3 is 64.5 Å². The van der Waals surface area contributed by atoms with Gasteiger partial charge in [-0.3, -0.25) is 0 Å². The van der Waals surface area contributed by atoms with Crippen LogP contribution in [0.1, 0.15) is 22.6 Å². The minimum Gasteiger partial charge on any atom is -0.449 e. The van der Waals surface area contributed by atoms with Crippen molar-refractivity contribution in [2.24, 2.45) is 0 Å². The smallest absolute Gasteiger partial charge is 0.449 e. The second-order valence-electron chi connectivity index (χ2n) is 7.26. The van der Waals surface area contributed by atoms with Crippen molar-refractivity contribution < 1.29 is 73.9 Å². The van der Waals surface area contributed by atoms with Crippen molar-refractivity contribution in [3.63, 3.8) is 0 Å².